The first-order valence-corrected chi connectivity index (χ1v) is 15.8. The third kappa shape index (κ3) is 5.16. The van der Waals surface area contributed by atoms with Crippen molar-refractivity contribution in [2.24, 2.45) is 17.6 Å². The predicted molar refractivity (Wildman–Crippen MR) is 171 cm³/mol. The minimum absolute atomic E-state index is 0.0271. The van der Waals surface area contributed by atoms with Crippen molar-refractivity contribution in [3.63, 3.8) is 0 Å². The van der Waals surface area contributed by atoms with Crippen molar-refractivity contribution in [3.05, 3.63) is 75.8 Å². The van der Waals surface area contributed by atoms with E-state index < -0.39 is 64.0 Å². The van der Waals surface area contributed by atoms with E-state index in [4.69, 9.17) is 14.9 Å². The van der Waals surface area contributed by atoms with Gasteiger partial charge in [0.25, 0.3) is 11.1 Å². The molecule has 5 N–H and O–H groups in total. The van der Waals surface area contributed by atoms with Crippen molar-refractivity contribution in [2.75, 3.05) is 38.8 Å². The fourth-order valence-corrected chi connectivity index (χ4v) is 7.66. The maximum Gasteiger partial charge on any atom is 0.316 e. The number of aliphatic hydroxyl groups is 3. The summed E-state index contributed by atoms with van der Waals surface area (Å²) in [6.07, 6.45) is 0.256. The first-order chi connectivity index (χ1) is 22.2. The Balaban J connectivity index is 1.39. The number of Topliss-reactive ketones (excluding diaryl/α,β-unsaturated/α-hetero) is 2. The van der Waals surface area contributed by atoms with Crippen LogP contribution in [0.15, 0.2) is 68.7 Å². The van der Waals surface area contributed by atoms with Crippen LogP contribution in [0.1, 0.15) is 27.9 Å². The summed E-state index contributed by atoms with van der Waals surface area (Å²) in [5, 5.41) is 34.6. The van der Waals surface area contributed by atoms with Crippen LogP contribution >= 0.6 is 11.8 Å². The van der Waals surface area contributed by atoms with E-state index in [9.17, 15) is 34.5 Å². The molecule has 0 unspecified atom stereocenters. The van der Waals surface area contributed by atoms with E-state index in [1.165, 1.54) is 4.90 Å². The lowest BCUT2D eigenvalue weighted by molar-refractivity contribution is -0.148. The van der Waals surface area contributed by atoms with Crippen molar-refractivity contribution in [3.8, 4) is 0 Å². The van der Waals surface area contributed by atoms with Crippen LogP contribution in [0.2, 0.25) is 0 Å². The number of ether oxygens (including phenoxy) is 1. The van der Waals surface area contributed by atoms with Crippen molar-refractivity contribution >= 4 is 52.0 Å². The number of carbonyl (C=O) groups is 4. The molecule has 47 heavy (non-hydrogen) atoms. The van der Waals surface area contributed by atoms with Gasteiger partial charge in [-0.15, -0.1) is 0 Å². The number of likely N-dealkylation sites (N-methyl/N-ethyl adjacent to an activating group) is 1. The number of carbonyl (C=O) groups excluding carboxylic acids is 4. The van der Waals surface area contributed by atoms with Crippen LogP contribution < -0.4 is 10.6 Å². The summed E-state index contributed by atoms with van der Waals surface area (Å²) >= 11 is 0.999. The zero-order chi connectivity index (χ0) is 33.9. The Bertz CT molecular complexity index is 1900. The summed E-state index contributed by atoms with van der Waals surface area (Å²) in [5.41, 5.74) is 4.44. The average Bonchev–Trinajstić information content (AvgIpc) is 3.43. The molecule has 14 heteroatoms. The molecular weight excluding hydrogens is 628 g/mol. The minimum Gasteiger partial charge on any atom is -0.510 e. The monoisotopic (exact) mass is 662 g/mol. The number of fused-ring (bicyclic) bond motifs is 5. The number of aliphatic hydroxyl groups excluding tert-OH is 2. The molecule has 0 radical (unpaired) electrons. The highest BCUT2D eigenvalue weighted by Crippen LogP contribution is 2.53. The second kappa shape index (κ2) is 11.9. The highest BCUT2D eigenvalue weighted by atomic mass is 32.2. The number of aromatic nitrogens is 1. The molecule has 0 saturated carbocycles. The van der Waals surface area contributed by atoms with E-state index in [0.29, 0.717) is 16.8 Å². The molecule has 4 atom stereocenters. The van der Waals surface area contributed by atoms with Gasteiger partial charge in [-0.2, -0.15) is 0 Å². The molecule has 0 aliphatic heterocycles. The normalized spacial score (nSPS) is 23.9. The van der Waals surface area contributed by atoms with Crippen molar-refractivity contribution < 1.29 is 43.7 Å². The Morgan fingerprint density at radius 3 is 2.49 bits per heavy atom. The number of esters is 1. The molecule has 0 saturated heterocycles. The maximum atomic E-state index is 14.4. The molecule has 13 nitrogen and oxygen atoms in total. The van der Waals surface area contributed by atoms with E-state index in [-0.39, 0.29) is 47.1 Å². The summed E-state index contributed by atoms with van der Waals surface area (Å²) in [5.74, 6) is -7.00. The Kier molecular flexibility index (Phi) is 8.14. The number of oxazole rings is 1. The van der Waals surface area contributed by atoms with Crippen LogP contribution in [-0.2, 0) is 32.1 Å². The number of thioether (sulfide) groups is 1. The second-order valence-electron chi connectivity index (χ2n) is 12.4. The SMILES string of the molecule is CN(C)c1cc2nc(SCC(=O)OCc3ccccc3)oc2c2c1C[C@H]1C[C@H]3[C@H](N(C)C)C(O)=C(C(N)=O)C(=O)[C@@]3(O)C(O)=C1C2=O. The van der Waals surface area contributed by atoms with Gasteiger partial charge in [0, 0.05) is 31.3 Å². The number of hydrogen-bond donors (Lipinski definition) is 4. The number of primary amides is 1. The number of benzene rings is 2. The van der Waals surface area contributed by atoms with E-state index in [1.54, 1.807) is 20.2 Å². The molecule has 2 aromatic carbocycles. The lowest BCUT2D eigenvalue weighted by Crippen LogP contribution is -2.63. The molecule has 3 aliphatic rings. The highest BCUT2D eigenvalue weighted by Gasteiger charge is 2.63. The molecule has 1 heterocycles. The number of hydrogen-bond acceptors (Lipinski definition) is 13. The van der Waals surface area contributed by atoms with Crippen molar-refractivity contribution in [1.82, 2.24) is 9.88 Å². The first-order valence-electron chi connectivity index (χ1n) is 14.9. The number of nitrogens with two attached hydrogens (primary N) is 1. The number of allylic oxidation sites excluding steroid dienone is 1. The van der Waals surface area contributed by atoms with Crippen molar-refractivity contribution in [2.45, 2.75) is 36.3 Å². The highest BCUT2D eigenvalue weighted by molar-refractivity contribution is 7.99. The van der Waals surface area contributed by atoms with Gasteiger partial charge in [0.1, 0.15) is 35.0 Å². The minimum atomic E-state index is -2.69. The second-order valence-corrected chi connectivity index (χ2v) is 13.3. The summed E-state index contributed by atoms with van der Waals surface area (Å²) < 4.78 is 11.4. The number of ketones is 2. The molecule has 0 fully saturated rings. The van der Waals surface area contributed by atoms with Gasteiger partial charge < -0.3 is 35.1 Å². The van der Waals surface area contributed by atoms with Gasteiger partial charge in [-0.3, -0.25) is 24.1 Å². The van der Waals surface area contributed by atoms with Gasteiger partial charge in [0.05, 0.1) is 11.6 Å². The predicted octanol–water partition coefficient (Wildman–Crippen LogP) is 2.46. The fourth-order valence-electron chi connectivity index (χ4n) is 7.03. The molecule has 0 bridgehead atoms. The molecule has 6 rings (SSSR count). The van der Waals surface area contributed by atoms with Crippen LogP contribution in [0.25, 0.3) is 11.1 Å². The zero-order valence-corrected chi connectivity index (χ0v) is 27.0. The van der Waals surface area contributed by atoms with Gasteiger partial charge >= 0.3 is 5.97 Å². The standard InChI is InChI=1S/C33H34N4O9S/c1-36(2)20-12-19-28(46-32(35-19)47-14-21(38)45-13-15-8-6-5-7-9-15)23-17(20)10-16-11-18-25(37(3)4)27(40)24(31(34)43)30(42)33(18,44)29(41)22(16)26(23)39/h5-9,12,16,18,25,40-41,44H,10-11,13-14H2,1-4H3,(H2,34,43)/t16-,18-,25-,33-/m0/s1. The molecule has 1 aromatic heterocycles. The van der Waals surface area contributed by atoms with Crippen LogP contribution in [0.4, 0.5) is 5.69 Å². The topological polar surface area (TPSA) is 197 Å². The van der Waals surface area contributed by atoms with E-state index in [1.807, 2.05) is 49.3 Å². The van der Waals surface area contributed by atoms with Gasteiger partial charge in [-0.1, -0.05) is 42.1 Å². The summed E-state index contributed by atoms with van der Waals surface area (Å²) in [6.45, 7) is 0.114. The van der Waals surface area contributed by atoms with Gasteiger partial charge in [-0.05, 0) is 50.0 Å². The molecule has 3 aliphatic carbocycles. The molecular formula is C33H34N4O9S. The number of nitrogens with zero attached hydrogens (tertiary/aromatic N) is 3. The zero-order valence-electron chi connectivity index (χ0n) is 26.1. The van der Waals surface area contributed by atoms with Gasteiger partial charge in [-0.25, -0.2) is 4.98 Å². The van der Waals surface area contributed by atoms with E-state index >= 15 is 0 Å². The largest absolute Gasteiger partial charge is 0.510 e. The molecule has 246 valence electrons. The Morgan fingerprint density at radius 1 is 1.15 bits per heavy atom. The summed E-state index contributed by atoms with van der Waals surface area (Å²) in [6, 6.07) is 9.96. The number of anilines is 1. The lowest BCUT2D eigenvalue weighted by atomic mass is 9.58. The average molecular weight is 663 g/mol. The Hall–Kier alpha value is -4.66. The fraction of sp³-hybridized carbons (Fsp3) is 0.364. The smallest absolute Gasteiger partial charge is 0.316 e. The lowest BCUT2D eigenvalue weighted by Gasteiger charge is -2.50. The molecule has 1 amide bonds. The first kappa shape index (κ1) is 32.3. The third-order valence-corrected chi connectivity index (χ3v) is 9.90. The Morgan fingerprint density at radius 2 is 1.85 bits per heavy atom. The van der Waals surface area contributed by atoms with E-state index in [2.05, 4.69) is 4.98 Å². The van der Waals surface area contributed by atoms with Crippen LogP contribution in [0.5, 0.6) is 0 Å². The quantitative estimate of drug-likeness (QED) is 0.156. The molecule has 3 aromatic rings. The van der Waals surface area contributed by atoms with Crippen LogP contribution in [-0.4, -0.2) is 94.2 Å². The summed E-state index contributed by atoms with van der Waals surface area (Å²) in [7, 11) is 6.80. The third-order valence-electron chi connectivity index (χ3n) is 9.10. The summed E-state index contributed by atoms with van der Waals surface area (Å²) in [4.78, 5) is 60.5. The maximum absolute atomic E-state index is 14.4. The van der Waals surface area contributed by atoms with Gasteiger partial charge in [0.15, 0.2) is 17.0 Å². The van der Waals surface area contributed by atoms with Gasteiger partial charge in [0.2, 0.25) is 5.78 Å². The number of amides is 1. The van der Waals surface area contributed by atoms with Crippen LogP contribution in [0.3, 0.4) is 0 Å². The van der Waals surface area contributed by atoms with Crippen LogP contribution in [0, 0.1) is 11.8 Å². The van der Waals surface area contributed by atoms with Crippen molar-refractivity contribution in [1.29, 1.82) is 0 Å². The Labute approximate surface area is 273 Å². The van der Waals surface area contributed by atoms with E-state index in [0.717, 1.165) is 17.3 Å². The molecule has 0 spiro atoms. The number of rotatable bonds is 8.